The van der Waals surface area contributed by atoms with Gasteiger partial charge in [-0.05, 0) is 64.4 Å². The number of likely N-dealkylation sites (N-methyl/N-ethyl adjacent to an activating group) is 1. The number of hydrogen-bond acceptors (Lipinski definition) is 3. The molecule has 0 amide bonds. The SMILES string of the molecule is CCNC(=NCC(C1CC1)N(C)C)N(C)Cc1ccc(OCC)cc1. The van der Waals surface area contributed by atoms with Crippen molar-refractivity contribution in [2.75, 3.05) is 40.8 Å². The predicted octanol–water partition coefficient (Wildman–Crippen LogP) is 2.82. The first kappa shape index (κ1) is 19.6. The molecule has 2 rings (SSSR count). The molecule has 140 valence electrons. The molecule has 0 bridgehead atoms. The van der Waals surface area contributed by atoms with Gasteiger partial charge in [0.05, 0.1) is 13.2 Å². The zero-order chi connectivity index (χ0) is 18.2. The minimum absolute atomic E-state index is 0.549. The van der Waals surface area contributed by atoms with E-state index >= 15 is 0 Å². The number of nitrogens with zero attached hydrogens (tertiary/aromatic N) is 3. The Labute approximate surface area is 153 Å². The standard InChI is InChI=1S/C20H34N4O/c1-6-21-20(22-14-19(23(3)4)17-10-11-17)24(5)15-16-8-12-18(13-9-16)25-7-2/h8-9,12-13,17,19H,6-7,10-11,14-15H2,1-5H3,(H,21,22). The fraction of sp³-hybridized carbons (Fsp3) is 0.650. The average Bonchev–Trinajstić information content (AvgIpc) is 3.40. The Kier molecular flexibility index (Phi) is 7.56. The molecule has 1 aliphatic carbocycles. The number of hydrogen-bond donors (Lipinski definition) is 1. The second kappa shape index (κ2) is 9.66. The summed E-state index contributed by atoms with van der Waals surface area (Å²) >= 11 is 0. The van der Waals surface area contributed by atoms with E-state index in [1.165, 1.54) is 18.4 Å². The molecule has 1 atom stereocenters. The molecule has 0 aromatic heterocycles. The van der Waals surface area contributed by atoms with Crippen molar-refractivity contribution >= 4 is 5.96 Å². The molecule has 1 aromatic rings. The summed E-state index contributed by atoms with van der Waals surface area (Å²) in [6.45, 7) is 7.38. The van der Waals surface area contributed by atoms with Gasteiger partial charge >= 0.3 is 0 Å². The van der Waals surface area contributed by atoms with E-state index in [1.807, 2.05) is 19.1 Å². The van der Waals surface area contributed by atoms with E-state index < -0.39 is 0 Å². The Hall–Kier alpha value is -1.75. The van der Waals surface area contributed by atoms with Crippen LogP contribution in [0.2, 0.25) is 0 Å². The molecule has 0 radical (unpaired) electrons. The molecule has 0 heterocycles. The minimum atomic E-state index is 0.549. The molecule has 25 heavy (non-hydrogen) atoms. The average molecular weight is 347 g/mol. The first-order valence-electron chi connectivity index (χ1n) is 9.42. The van der Waals surface area contributed by atoms with Gasteiger partial charge in [0.15, 0.2) is 5.96 Å². The highest BCUT2D eigenvalue weighted by Gasteiger charge is 2.32. The van der Waals surface area contributed by atoms with Crippen molar-refractivity contribution in [3.8, 4) is 5.75 Å². The molecular weight excluding hydrogens is 312 g/mol. The van der Waals surface area contributed by atoms with Gasteiger partial charge in [-0.3, -0.25) is 4.99 Å². The van der Waals surface area contributed by atoms with Crippen LogP contribution < -0.4 is 10.1 Å². The van der Waals surface area contributed by atoms with Crippen LogP contribution in [0.5, 0.6) is 5.75 Å². The lowest BCUT2D eigenvalue weighted by molar-refractivity contribution is 0.270. The monoisotopic (exact) mass is 346 g/mol. The summed E-state index contributed by atoms with van der Waals surface area (Å²) in [5, 5.41) is 3.42. The molecular formula is C20H34N4O. The van der Waals surface area contributed by atoms with Crippen molar-refractivity contribution in [3.63, 3.8) is 0 Å². The number of ether oxygens (including phenoxy) is 1. The van der Waals surface area contributed by atoms with Crippen LogP contribution >= 0.6 is 0 Å². The number of guanidine groups is 1. The Morgan fingerprint density at radius 2 is 1.88 bits per heavy atom. The quantitative estimate of drug-likeness (QED) is 0.551. The lowest BCUT2D eigenvalue weighted by atomic mass is 10.2. The third-order valence-electron chi connectivity index (χ3n) is 4.61. The van der Waals surface area contributed by atoms with Crippen LogP contribution in [0.1, 0.15) is 32.3 Å². The maximum Gasteiger partial charge on any atom is 0.194 e. The fourth-order valence-electron chi connectivity index (χ4n) is 3.07. The molecule has 1 aromatic carbocycles. The van der Waals surface area contributed by atoms with E-state index in [1.54, 1.807) is 0 Å². The van der Waals surface area contributed by atoms with Crippen LogP contribution in [-0.2, 0) is 6.54 Å². The van der Waals surface area contributed by atoms with Crippen molar-refractivity contribution < 1.29 is 4.74 Å². The van der Waals surface area contributed by atoms with Gasteiger partial charge in [-0.2, -0.15) is 0 Å². The summed E-state index contributed by atoms with van der Waals surface area (Å²) in [5.74, 6) is 2.72. The van der Waals surface area contributed by atoms with E-state index in [0.717, 1.165) is 37.3 Å². The smallest absolute Gasteiger partial charge is 0.194 e. The molecule has 1 unspecified atom stereocenters. The van der Waals surface area contributed by atoms with Gasteiger partial charge in [0.1, 0.15) is 5.75 Å². The van der Waals surface area contributed by atoms with Gasteiger partial charge in [-0.15, -0.1) is 0 Å². The van der Waals surface area contributed by atoms with Gasteiger partial charge in [-0.1, -0.05) is 12.1 Å². The number of benzene rings is 1. The number of rotatable bonds is 9. The van der Waals surface area contributed by atoms with Crippen LogP contribution in [0.25, 0.3) is 0 Å². The Bertz CT molecular complexity index is 535. The van der Waals surface area contributed by atoms with Crippen molar-refractivity contribution in [1.29, 1.82) is 0 Å². The zero-order valence-corrected chi connectivity index (χ0v) is 16.5. The van der Waals surface area contributed by atoms with Gasteiger partial charge in [-0.25, -0.2) is 0 Å². The Balaban J connectivity index is 1.98. The van der Waals surface area contributed by atoms with E-state index in [4.69, 9.17) is 9.73 Å². The molecule has 1 saturated carbocycles. The lowest BCUT2D eigenvalue weighted by Gasteiger charge is -2.25. The molecule has 0 spiro atoms. The molecule has 1 aliphatic rings. The summed E-state index contributed by atoms with van der Waals surface area (Å²) in [4.78, 5) is 9.41. The summed E-state index contributed by atoms with van der Waals surface area (Å²) in [7, 11) is 6.42. The normalized spacial score (nSPS) is 16.0. The Morgan fingerprint density at radius 3 is 2.40 bits per heavy atom. The maximum atomic E-state index is 5.51. The highest BCUT2D eigenvalue weighted by atomic mass is 16.5. The summed E-state index contributed by atoms with van der Waals surface area (Å²) in [6, 6.07) is 8.86. The first-order chi connectivity index (χ1) is 12.0. The molecule has 5 heteroatoms. The number of nitrogens with one attached hydrogen (secondary N) is 1. The van der Waals surface area contributed by atoms with Crippen LogP contribution in [0, 0.1) is 5.92 Å². The fourth-order valence-corrected chi connectivity index (χ4v) is 3.07. The van der Waals surface area contributed by atoms with Crippen LogP contribution in [0.15, 0.2) is 29.3 Å². The van der Waals surface area contributed by atoms with Crippen LogP contribution in [0.3, 0.4) is 0 Å². The lowest BCUT2D eigenvalue weighted by Crippen LogP contribution is -2.40. The third-order valence-corrected chi connectivity index (χ3v) is 4.61. The molecule has 1 N–H and O–H groups in total. The van der Waals surface area contributed by atoms with E-state index in [9.17, 15) is 0 Å². The van der Waals surface area contributed by atoms with Crippen molar-refractivity contribution in [2.24, 2.45) is 10.9 Å². The highest BCUT2D eigenvalue weighted by molar-refractivity contribution is 5.79. The van der Waals surface area contributed by atoms with Crippen LogP contribution in [0.4, 0.5) is 0 Å². The van der Waals surface area contributed by atoms with E-state index in [0.29, 0.717) is 12.6 Å². The summed E-state index contributed by atoms with van der Waals surface area (Å²) < 4.78 is 5.51. The van der Waals surface area contributed by atoms with Gasteiger partial charge < -0.3 is 19.9 Å². The van der Waals surface area contributed by atoms with Crippen molar-refractivity contribution in [1.82, 2.24) is 15.1 Å². The van der Waals surface area contributed by atoms with E-state index in [2.05, 4.69) is 55.3 Å². The summed E-state index contributed by atoms with van der Waals surface area (Å²) in [5.41, 5.74) is 1.25. The molecule has 0 saturated heterocycles. The van der Waals surface area contributed by atoms with E-state index in [-0.39, 0.29) is 0 Å². The minimum Gasteiger partial charge on any atom is -0.494 e. The predicted molar refractivity (Wildman–Crippen MR) is 105 cm³/mol. The molecule has 0 aliphatic heterocycles. The van der Waals surface area contributed by atoms with Gasteiger partial charge in [0.25, 0.3) is 0 Å². The van der Waals surface area contributed by atoms with Crippen molar-refractivity contribution in [3.05, 3.63) is 29.8 Å². The van der Waals surface area contributed by atoms with Gasteiger partial charge in [0, 0.05) is 26.2 Å². The topological polar surface area (TPSA) is 40.1 Å². The largest absolute Gasteiger partial charge is 0.494 e. The summed E-state index contributed by atoms with van der Waals surface area (Å²) in [6.07, 6.45) is 2.69. The first-order valence-corrected chi connectivity index (χ1v) is 9.42. The second-order valence-corrected chi connectivity index (χ2v) is 7.00. The zero-order valence-electron chi connectivity index (χ0n) is 16.5. The van der Waals surface area contributed by atoms with Crippen molar-refractivity contribution in [2.45, 2.75) is 39.3 Å². The number of aliphatic imine (C=N–C) groups is 1. The molecule has 5 nitrogen and oxygen atoms in total. The molecule has 1 fully saturated rings. The van der Waals surface area contributed by atoms with Crippen LogP contribution in [-0.4, -0.2) is 62.6 Å². The highest BCUT2D eigenvalue weighted by Crippen LogP contribution is 2.34. The van der Waals surface area contributed by atoms with Gasteiger partial charge in [0.2, 0.25) is 0 Å². The maximum absolute atomic E-state index is 5.51. The Morgan fingerprint density at radius 1 is 1.20 bits per heavy atom. The second-order valence-electron chi connectivity index (χ2n) is 7.00. The third kappa shape index (κ3) is 6.24.